The van der Waals surface area contributed by atoms with Crippen LogP contribution in [0.1, 0.15) is 11.1 Å². The van der Waals surface area contributed by atoms with Crippen molar-refractivity contribution in [2.75, 3.05) is 12.4 Å². The zero-order valence-corrected chi connectivity index (χ0v) is 15.6. The second kappa shape index (κ2) is 8.58. The van der Waals surface area contributed by atoms with Crippen molar-refractivity contribution in [2.24, 2.45) is 0 Å². The molecule has 0 aliphatic rings. The molecule has 0 radical (unpaired) electrons. The fraction of sp³-hybridized carbons (Fsp3) is 0.143. The smallest absolute Gasteiger partial charge is 0.120 e. The molecule has 1 N–H and O–H groups in total. The van der Waals surface area contributed by atoms with Crippen molar-refractivity contribution >= 4 is 21.6 Å². The molecule has 0 heterocycles. The summed E-state index contributed by atoms with van der Waals surface area (Å²) in [6.45, 7) is 1.30. The van der Waals surface area contributed by atoms with Crippen LogP contribution in [0.3, 0.4) is 0 Å². The topological polar surface area (TPSA) is 30.5 Å². The molecule has 3 rings (SSSR count). The molecule has 0 aliphatic heterocycles. The van der Waals surface area contributed by atoms with Crippen LogP contribution in [0, 0.1) is 0 Å². The Labute approximate surface area is 156 Å². The second-order valence-corrected chi connectivity index (χ2v) is 6.56. The fourth-order valence-corrected chi connectivity index (χ4v) is 2.67. The van der Waals surface area contributed by atoms with Gasteiger partial charge in [0.15, 0.2) is 0 Å². The number of ether oxygens (including phenoxy) is 2. The molecule has 0 saturated carbocycles. The molecule has 3 aromatic rings. The van der Waals surface area contributed by atoms with Gasteiger partial charge < -0.3 is 14.8 Å². The predicted molar refractivity (Wildman–Crippen MR) is 105 cm³/mol. The van der Waals surface area contributed by atoms with E-state index >= 15 is 0 Å². The molecule has 0 saturated heterocycles. The van der Waals surface area contributed by atoms with Gasteiger partial charge in [-0.05, 0) is 59.7 Å². The highest BCUT2D eigenvalue weighted by molar-refractivity contribution is 9.10. The van der Waals surface area contributed by atoms with E-state index in [9.17, 15) is 0 Å². The molecule has 0 aromatic heterocycles. The zero-order valence-electron chi connectivity index (χ0n) is 14.0. The van der Waals surface area contributed by atoms with E-state index in [0.29, 0.717) is 6.61 Å². The first-order valence-corrected chi connectivity index (χ1v) is 8.86. The molecule has 0 fully saturated rings. The Kier molecular flexibility index (Phi) is 5.96. The van der Waals surface area contributed by atoms with Gasteiger partial charge in [-0.25, -0.2) is 0 Å². The Bertz CT molecular complexity index is 801. The van der Waals surface area contributed by atoms with Gasteiger partial charge in [-0.15, -0.1) is 0 Å². The van der Waals surface area contributed by atoms with Crippen molar-refractivity contribution in [3.63, 3.8) is 0 Å². The first-order valence-electron chi connectivity index (χ1n) is 8.07. The van der Waals surface area contributed by atoms with E-state index in [1.807, 2.05) is 48.5 Å². The highest BCUT2D eigenvalue weighted by Crippen LogP contribution is 2.19. The lowest BCUT2D eigenvalue weighted by Gasteiger charge is -2.10. The monoisotopic (exact) mass is 397 g/mol. The third-order valence-electron chi connectivity index (χ3n) is 3.80. The van der Waals surface area contributed by atoms with Crippen LogP contribution < -0.4 is 14.8 Å². The van der Waals surface area contributed by atoms with E-state index in [0.717, 1.165) is 33.8 Å². The van der Waals surface area contributed by atoms with Gasteiger partial charge in [-0.2, -0.15) is 0 Å². The number of hydrogen-bond acceptors (Lipinski definition) is 3. The van der Waals surface area contributed by atoms with Crippen LogP contribution in [0.15, 0.2) is 77.3 Å². The van der Waals surface area contributed by atoms with Crippen LogP contribution in [-0.2, 0) is 13.2 Å². The number of rotatable bonds is 7. The summed E-state index contributed by atoms with van der Waals surface area (Å²) in [6, 6.07) is 24.2. The maximum atomic E-state index is 5.90. The van der Waals surface area contributed by atoms with Gasteiger partial charge in [0.25, 0.3) is 0 Å². The Morgan fingerprint density at radius 1 is 0.840 bits per heavy atom. The molecule has 25 heavy (non-hydrogen) atoms. The van der Waals surface area contributed by atoms with Crippen LogP contribution in [0.5, 0.6) is 11.5 Å². The molecular formula is C21H20BrNO2. The Morgan fingerprint density at radius 3 is 2.32 bits per heavy atom. The quantitative estimate of drug-likeness (QED) is 0.558. The van der Waals surface area contributed by atoms with Crippen molar-refractivity contribution in [2.45, 2.75) is 13.2 Å². The molecule has 0 amide bonds. The molecule has 0 spiro atoms. The Balaban J connectivity index is 1.56. The van der Waals surface area contributed by atoms with Crippen LogP contribution >= 0.6 is 15.9 Å². The van der Waals surface area contributed by atoms with Gasteiger partial charge >= 0.3 is 0 Å². The lowest BCUT2D eigenvalue weighted by Crippen LogP contribution is -2.00. The molecule has 0 unspecified atom stereocenters. The van der Waals surface area contributed by atoms with E-state index < -0.39 is 0 Å². The summed E-state index contributed by atoms with van der Waals surface area (Å²) in [5, 5.41) is 3.40. The average molecular weight is 398 g/mol. The third-order valence-corrected chi connectivity index (χ3v) is 4.33. The van der Waals surface area contributed by atoms with Gasteiger partial charge in [0.2, 0.25) is 0 Å². The minimum atomic E-state index is 0.558. The zero-order chi connectivity index (χ0) is 17.5. The van der Waals surface area contributed by atoms with Crippen molar-refractivity contribution in [3.8, 4) is 11.5 Å². The highest BCUT2D eigenvalue weighted by Gasteiger charge is 2.00. The minimum absolute atomic E-state index is 0.558. The Morgan fingerprint density at radius 2 is 1.60 bits per heavy atom. The molecular weight excluding hydrogens is 378 g/mol. The first-order chi connectivity index (χ1) is 12.2. The molecule has 0 aliphatic carbocycles. The number of anilines is 1. The number of methoxy groups -OCH3 is 1. The van der Waals surface area contributed by atoms with Crippen LogP contribution in [0.25, 0.3) is 0 Å². The molecule has 0 bridgehead atoms. The van der Waals surface area contributed by atoms with Crippen LogP contribution in [0.4, 0.5) is 5.69 Å². The van der Waals surface area contributed by atoms with E-state index in [4.69, 9.17) is 9.47 Å². The SMILES string of the molecule is COc1ccc(NCc2cccc(OCc3ccc(Br)cc3)c2)cc1. The maximum absolute atomic E-state index is 5.90. The van der Waals surface area contributed by atoms with Crippen molar-refractivity contribution in [1.29, 1.82) is 0 Å². The number of hydrogen-bond donors (Lipinski definition) is 1. The van der Waals surface area contributed by atoms with Gasteiger partial charge in [-0.3, -0.25) is 0 Å². The standard InChI is InChI=1S/C21H20BrNO2/c1-24-20-11-9-19(10-12-20)23-14-17-3-2-4-21(13-17)25-15-16-5-7-18(22)8-6-16/h2-13,23H,14-15H2,1H3. The number of halogens is 1. The van der Waals surface area contributed by atoms with Crippen molar-refractivity contribution in [1.82, 2.24) is 0 Å². The molecule has 3 nitrogen and oxygen atoms in total. The second-order valence-electron chi connectivity index (χ2n) is 5.64. The van der Waals surface area contributed by atoms with Gasteiger partial charge in [0.1, 0.15) is 18.1 Å². The summed E-state index contributed by atoms with van der Waals surface area (Å²) >= 11 is 3.44. The molecule has 3 aromatic carbocycles. The predicted octanol–water partition coefficient (Wildman–Crippen LogP) is 5.65. The van der Waals surface area contributed by atoms with E-state index in [2.05, 4.69) is 45.5 Å². The summed E-state index contributed by atoms with van der Waals surface area (Å²) in [7, 11) is 1.67. The summed E-state index contributed by atoms with van der Waals surface area (Å²) in [4.78, 5) is 0. The van der Waals surface area contributed by atoms with E-state index in [-0.39, 0.29) is 0 Å². The lowest BCUT2D eigenvalue weighted by molar-refractivity contribution is 0.306. The van der Waals surface area contributed by atoms with Crippen molar-refractivity contribution in [3.05, 3.63) is 88.4 Å². The van der Waals surface area contributed by atoms with Crippen molar-refractivity contribution < 1.29 is 9.47 Å². The minimum Gasteiger partial charge on any atom is -0.497 e. The van der Waals surface area contributed by atoms with Gasteiger partial charge in [0, 0.05) is 16.7 Å². The third kappa shape index (κ3) is 5.26. The first kappa shape index (κ1) is 17.4. The van der Waals surface area contributed by atoms with E-state index in [1.165, 1.54) is 5.56 Å². The van der Waals surface area contributed by atoms with Gasteiger partial charge in [-0.1, -0.05) is 40.2 Å². The summed E-state index contributed by atoms with van der Waals surface area (Å²) in [5.74, 6) is 1.73. The van der Waals surface area contributed by atoms with Crippen LogP contribution in [-0.4, -0.2) is 7.11 Å². The maximum Gasteiger partial charge on any atom is 0.120 e. The Hall–Kier alpha value is -2.46. The number of benzene rings is 3. The van der Waals surface area contributed by atoms with E-state index in [1.54, 1.807) is 7.11 Å². The van der Waals surface area contributed by atoms with Crippen LogP contribution in [0.2, 0.25) is 0 Å². The lowest BCUT2D eigenvalue weighted by atomic mass is 10.2. The summed E-state index contributed by atoms with van der Waals surface area (Å²) in [5.41, 5.74) is 3.37. The fourth-order valence-electron chi connectivity index (χ4n) is 2.41. The molecule has 4 heteroatoms. The number of nitrogens with one attached hydrogen (secondary N) is 1. The highest BCUT2D eigenvalue weighted by atomic mass is 79.9. The largest absolute Gasteiger partial charge is 0.497 e. The molecule has 128 valence electrons. The molecule has 0 atom stereocenters. The summed E-state index contributed by atoms with van der Waals surface area (Å²) in [6.07, 6.45) is 0. The summed E-state index contributed by atoms with van der Waals surface area (Å²) < 4.78 is 12.1. The normalized spacial score (nSPS) is 10.3. The van der Waals surface area contributed by atoms with Gasteiger partial charge in [0.05, 0.1) is 7.11 Å². The average Bonchev–Trinajstić information content (AvgIpc) is 2.67.